The van der Waals surface area contributed by atoms with Crippen molar-refractivity contribution in [2.75, 3.05) is 0 Å². The molecule has 1 aliphatic rings. The molecule has 0 aliphatic carbocycles. The molecule has 0 aromatic heterocycles. The van der Waals surface area contributed by atoms with E-state index < -0.39 is 26.0 Å². The van der Waals surface area contributed by atoms with Crippen molar-refractivity contribution < 1.29 is 23.5 Å². The lowest BCUT2D eigenvalue weighted by Crippen LogP contribution is -2.67. The van der Waals surface area contributed by atoms with E-state index in [2.05, 4.69) is 20.8 Å². The maximum Gasteiger partial charge on any atom is 0.514 e. The average molecular weight is 411 g/mol. The summed E-state index contributed by atoms with van der Waals surface area (Å²) in [6.07, 6.45) is 0.407. The molecule has 1 aliphatic heterocycles. The van der Waals surface area contributed by atoms with Crippen molar-refractivity contribution in [3.05, 3.63) is 72.5 Å². The minimum absolute atomic E-state index is 0.144. The molecular formula is C23H26O5Si. The summed E-state index contributed by atoms with van der Waals surface area (Å²) in [6.45, 7) is 9.59. The van der Waals surface area contributed by atoms with E-state index in [9.17, 15) is 9.59 Å². The Hall–Kier alpha value is -2.86. The Kier molecular flexibility index (Phi) is 5.41. The molecule has 0 bridgehead atoms. The first kappa shape index (κ1) is 20.9. The first-order chi connectivity index (χ1) is 13.6. The van der Waals surface area contributed by atoms with Crippen LogP contribution in [0.5, 0.6) is 0 Å². The van der Waals surface area contributed by atoms with Crippen LogP contribution >= 0.6 is 0 Å². The predicted molar refractivity (Wildman–Crippen MR) is 113 cm³/mol. The van der Waals surface area contributed by atoms with E-state index in [0.717, 1.165) is 10.4 Å². The highest BCUT2D eigenvalue weighted by molar-refractivity contribution is 7.00. The Balaban J connectivity index is 2.12. The van der Waals surface area contributed by atoms with Gasteiger partial charge in [0.25, 0.3) is 0 Å². The van der Waals surface area contributed by atoms with E-state index in [4.69, 9.17) is 13.9 Å². The minimum atomic E-state index is -3.02. The third kappa shape index (κ3) is 3.98. The summed E-state index contributed by atoms with van der Waals surface area (Å²) in [5, 5.41) is 1.64. The summed E-state index contributed by atoms with van der Waals surface area (Å²) in [5.41, 5.74) is -1.01. The highest BCUT2D eigenvalue weighted by atomic mass is 28.4. The van der Waals surface area contributed by atoms with Gasteiger partial charge in [-0.3, -0.25) is 0 Å². The minimum Gasteiger partial charge on any atom is -0.506 e. The SMILES string of the molecule is CC1(C)OC(=O)OC1=CC(=O)O[Si](c1ccccc1)(c1ccccc1)C(C)(C)C. The van der Waals surface area contributed by atoms with Crippen LogP contribution in [0.4, 0.5) is 4.79 Å². The molecule has 5 nitrogen and oxygen atoms in total. The molecule has 29 heavy (non-hydrogen) atoms. The van der Waals surface area contributed by atoms with Crippen LogP contribution in [0.2, 0.25) is 5.04 Å². The normalized spacial score (nSPS) is 17.6. The molecule has 0 atom stereocenters. The van der Waals surface area contributed by atoms with Crippen molar-refractivity contribution in [3.63, 3.8) is 0 Å². The molecule has 1 saturated heterocycles. The fraction of sp³-hybridized carbons (Fsp3) is 0.304. The third-order valence-corrected chi connectivity index (χ3v) is 9.96. The topological polar surface area (TPSA) is 61.8 Å². The standard InChI is InChI=1S/C23H26O5Si/c1-22(2,3)29(17-12-8-6-9-13-17,18-14-10-7-11-15-18)28-20(24)16-19-23(4,5)27-21(25)26-19/h6-16H,1-5H3. The van der Waals surface area contributed by atoms with Gasteiger partial charge in [0.05, 0.1) is 6.08 Å². The van der Waals surface area contributed by atoms with E-state index in [1.807, 2.05) is 60.7 Å². The van der Waals surface area contributed by atoms with Gasteiger partial charge in [-0.05, 0) is 29.3 Å². The van der Waals surface area contributed by atoms with Crippen molar-refractivity contribution in [2.45, 2.75) is 45.3 Å². The quantitative estimate of drug-likeness (QED) is 0.434. The number of hydrogen-bond acceptors (Lipinski definition) is 5. The van der Waals surface area contributed by atoms with Crippen LogP contribution in [-0.4, -0.2) is 26.0 Å². The molecule has 0 amide bonds. The van der Waals surface area contributed by atoms with Gasteiger partial charge in [0.15, 0.2) is 11.4 Å². The molecule has 152 valence electrons. The van der Waals surface area contributed by atoms with Gasteiger partial charge in [-0.1, -0.05) is 81.4 Å². The summed E-state index contributed by atoms with van der Waals surface area (Å²) >= 11 is 0. The lowest BCUT2D eigenvalue weighted by atomic mass is 10.1. The van der Waals surface area contributed by atoms with Crippen LogP contribution in [-0.2, 0) is 18.7 Å². The number of carbonyl (C=O) groups is 2. The molecule has 6 heteroatoms. The van der Waals surface area contributed by atoms with E-state index in [1.54, 1.807) is 13.8 Å². The average Bonchev–Trinajstić information content (AvgIpc) is 2.91. The van der Waals surface area contributed by atoms with Crippen molar-refractivity contribution in [3.8, 4) is 0 Å². The van der Waals surface area contributed by atoms with Crippen LogP contribution in [0.1, 0.15) is 34.6 Å². The first-order valence-electron chi connectivity index (χ1n) is 9.53. The molecule has 0 N–H and O–H groups in total. The van der Waals surface area contributed by atoms with Crippen LogP contribution < -0.4 is 10.4 Å². The lowest BCUT2D eigenvalue weighted by Gasteiger charge is -2.41. The molecule has 2 aromatic carbocycles. The van der Waals surface area contributed by atoms with Gasteiger partial charge < -0.3 is 13.9 Å². The van der Waals surface area contributed by atoms with Gasteiger partial charge in [-0.2, -0.15) is 0 Å². The van der Waals surface area contributed by atoms with Gasteiger partial charge in [-0.15, -0.1) is 0 Å². The summed E-state index contributed by atoms with van der Waals surface area (Å²) in [4.78, 5) is 24.6. The van der Waals surface area contributed by atoms with Crippen molar-refractivity contribution in [2.24, 2.45) is 0 Å². The summed E-state index contributed by atoms with van der Waals surface area (Å²) in [6, 6.07) is 19.7. The molecule has 2 aromatic rings. The second-order valence-electron chi connectivity index (χ2n) is 8.56. The molecule has 1 heterocycles. The third-order valence-electron chi connectivity index (χ3n) is 5.04. The Morgan fingerprint density at radius 2 is 1.45 bits per heavy atom. The molecule has 0 spiro atoms. The highest BCUT2D eigenvalue weighted by Crippen LogP contribution is 2.37. The number of cyclic esters (lactones) is 2. The largest absolute Gasteiger partial charge is 0.514 e. The second kappa shape index (κ2) is 7.52. The second-order valence-corrected chi connectivity index (χ2v) is 12.8. The van der Waals surface area contributed by atoms with Crippen molar-refractivity contribution in [1.82, 2.24) is 0 Å². The number of hydrogen-bond donors (Lipinski definition) is 0. The number of carbonyl (C=O) groups excluding carboxylic acids is 2. The molecule has 0 radical (unpaired) electrons. The Morgan fingerprint density at radius 1 is 0.966 bits per heavy atom. The fourth-order valence-electron chi connectivity index (χ4n) is 3.63. The van der Waals surface area contributed by atoms with Crippen LogP contribution in [0.15, 0.2) is 72.5 Å². The maximum atomic E-state index is 13.1. The lowest BCUT2D eigenvalue weighted by molar-refractivity contribution is -0.130. The smallest absolute Gasteiger partial charge is 0.506 e. The molecular weight excluding hydrogens is 384 g/mol. The maximum absolute atomic E-state index is 13.1. The monoisotopic (exact) mass is 410 g/mol. The first-order valence-corrected chi connectivity index (χ1v) is 11.4. The van der Waals surface area contributed by atoms with E-state index in [-0.39, 0.29) is 10.8 Å². The Morgan fingerprint density at radius 3 is 1.83 bits per heavy atom. The number of ether oxygens (including phenoxy) is 2. The molecule has 3 rings (SSSR count). The van der Waals surface area contributed by atoms with Crippen LogP contribution in [0, 0.1) is 0 Å². The Labute approximate surface area is 172 Å². The van der Waals surface area contributed by atoms with E-state index in [1.165, 1.54) is 6.08 Å². The van der Waals surface area contributed by atoms with Crippen molar-refractivity contribution >= 4 is 30.8 Å². The zero-order valence-corrected chi connectivity index (χ0v) is 18.4. The summed E-state index contributed by atoms with van der Waals surface area (Å²) in [7, 11) is -3.02. The zero-order chi connectivity index (χ0) is 21.3. The fourth-order valence-corrected chi connectivity index (χ4v) is 7.92. The van der Waals surface area contributed by atoms with E-state index in [0.29, 0.717) is 0 Å². The van der Waals surface area contributed by atoms with Crippen LogP contribution in [0.3, 0.4) is 0 Å². The molecule has 0 saturated carbocycles. The molecule has 0 unspecified atom stereocenters. The van der Waals surface area contributed by atoms with Crippen molar-refractivity contribution in [1.29, 1.82) is 0 Å². The Bertz CT molecular complexity index is 887. The van der Waals surface area contributed by atoms with Gasteiger partial charge in [0, 0.05) is 0 Å². The van der Waals surface area contributed by atoms with Gasteiger partial charge in [0.1, 0.15) is 0 Å². The van der Waals surface area contributed by atoms with Crippen LogP contribution in [0.25, 0.3) is 0 Å². The number of benzene rings is 2. The highest BCUT2D eigenvalue weighted by Gasteiger charge is 2.53. The van der Waals surface area contributed by atoms with Gasteiger partial charge >= 0.3 is 20.4 Å². The summed E-state index contributed by atoms with van der Waals surface area (Å²) < 4.78 is 16.5. The molecule has 1 fully saturated rings. The predicted octanol–water partition coefficient (Wildman–Crippen LogP) is 3.92. The summed E-state index contributed by atoms with van der Waals surface area (Å²) in [5.74, 6) is -0.411. The zero-order valence-electron chi connectivity index (χ0n) is 17.4. The number of rotatable bonds is 4. The van der Waals surface area contributed by atoms with E-state index >= 15 is 0 Å². The van der Waals surface area contributed by atoms with Gasteiger partial charge in [0.2, 0.25) is 0 Å². The van der Waals surface area contributed by atoms with Gasteiger partial charge in [-0.25, -0.2) is 9.59 Å².